The highest BCUT2D eigenvalue weighted by atomic mass is 19.3. The van der Waals surface area contributed by atoms with Crippen LogP contribution >= 0.6 is 0 Å². The Labute approximate surface area is 115 Å². The molecule has 1 N–H and O–H groups in total. The summed E-state index contributed by atoms with van der Waals surface area (Å²) in [7, 11) is 1.40. The van der Waals surface area contributed by atoms with E-state index in [1.165, 1.54) is 20.1 Å². The van der Waals surface area contributed by atoms with Gasteiger partial charge in [-0.1, -0.05) is 6.07 Å². The minimum Gasteiger partial charge on any atom is -0.497 e. The Morgan fingerprint density at radius 3 is 2.80 bits per heavy atom. The van der Waals surface area contributed by atoms with E-state index in [9.17, 15) is 18.7 Å². The minimum absolute atomic E-state index is 0.0231. The molecule has 20 heavy (non-hydrogen) atoms. The maximum Gasteiger partial charge on any atom is 0.380 e. The quantitative estimate of drug-likeness (QED) is 0.860. The molecule has 0 aromatic heterocycles. The molecule has 0 spiro atoms. The zero-order valence-corrected chi connectivity index (χ0v) is 11.3. The van der Waals surface area contributed by atoms with Crippen LogP contribution in [-0.4, -0.2) is 30.7 Å². The molecule has 6 heteroatoms. The topological polar surface area (TPSA) is 55.8 Å². The average molecular weight is 286 g/mol. The molecule has 1 unspecified atom stereocenters. The summed E-state index contributed by atoms with van der Waals surface area (Å²) < 4.78 is 37.8. The summed E-state index contributed by atoms with van der Waals surface area (Å²) in [5, 5.41) is 10.4. The molecule has 4 nitrogen and oxygen atoms in total. The average Bonchev–Trinajstić information content (AvgIpc) is 2.78. The highest BCUT2D eigenvalue weighted by Gasteiger charge is 2.62. The van der Waals surface area contributed by atoms with Crippen LogP contribution in [-0.2, 0) is 21.6 Å². The number of methoxy groups -OCH3 is 1. The second kappa shape index (κ2) is 5.01. The molecule has 1 aliphatic carbocycles. The van der Waals surface area contributed by atoms with Gasteiger partial charge in [-0.05, 0) is 43.0 Å². The maximum atomic E-state index is 14.2. The number of hydrogen-bond donors (Lipinski definition) is 1. The van der Waals surface area contributed by atoms with Crippen LogP contribution < -0.4 is 4.74 Å². The molecule has 0 heterocycles. The fourth-order valence-corrected chi connectivity index (χ4v) is 2.45. The first-order valence-corrected chi connectivity index (χ1v) is 6.31. The molecule has 0 amide bonds. The number of aryl methyl sites for hydroxylation is 1. The molecule has 0 fully saturated rings. The van der Waals surface area contributed by atoms with Crippen LogP contribution in [0.1, 0.15) is 24.5 Å². The number of carbonyl (C=O) groups excluding carboxylic acids is 1. The second-order valence-electron chi connectivity index (χ2n) is 4.68. The van der Waals surface area contributed by atoms with Crippen LogP contribution in [0.25, 0.3) is 0 Å². The molecule has 1 aromatic carbocycles. The zero-order valence-electron chi connectivity index (χ0n) is 11.3. The van der Waals surface area contributed by atoms with Crippen LogP contribution in [0.4, 0.5) is 8.78 Å². The van der Waals surface area contributed by atoms with Gasteiger partial charge >= 0.3 is 11.9 Å². The van der Waals surface area contributed by atoms with E-state index in [1.54, 1.807) is 12.1 Å². The van der Waals surface area contributed by atoms with Crippen molar-refractivity contribution in [2.45, 2.75) is 31.3 Å². The lowest BCUT2D eigenvalue weighted by molar-refractivity contribution is -0.216. The number of benzene rings is 1. The smallest absolute Gasteiger partial charge is 0.380 e. The SMILES string of the molecule is CCOC(=O)C(F)(F)C1(O)CCc2ccc(OC)cc21. The Bertz CT molecular complexity index is 530. The molecule has 0 bridgehead atoms. The summed E-state index contributed by atoms with van der Waals surface area (Å²) in [6, 6.07) is 4.59. The van der Waals surface area contributed by atoms with Crippen molar-refractivity contribution in [2.75, 3.05) is 13.7 Å². The number of carbonyl (C=O) groups is 1. The van der Waals surface area contributed by atoms with Crippen LogP contribution in [0.2, 0.25) is 0 Å². The second-order valence-corrected chi connectivity index (χ2v) is 4.68. The third kappa shape index (κ3) is 2.04. The van der Waals surface area contributed by atoms with Gasteiger partial charge in [0.15, 0.2) is 5.60 Å². The number of ether oxygens (including phenoxy) is 2. The highest BCUT2D eigenvalue weighted by molar-refractivity contribution is 5.80. The molecular formula is C14H16F2O4. The van der Waals surface area contributed by atoms with Gasteiger partial charge in [0.1, 0.15) is 5.75 Å². The fourth-order valence-electron chi connectivity index (χ4n) is 2.45. The number of alkyl halides is 2. The van der Waals surface area contributed by atoms with E-state index in [-0.39, 0.29) is 25.0 Å². The van der Waals surface area contributed by atoms with Gasteiger partial charge < -0.3 is 14.6 Å². The van der Waals surface area contributed by atoms with Gasteiger partial charge in [0.2, 0.25) is 0 Å². The first kappa shape index (κ1) is 14.7. The van der Waals surface area contributed by atoms with Crippen molar-refractivity contribution in [1.82, 2.24) is 0 Å². The maximum absolute atomic E-state index is 14.2. The molecule has 110 valence electrons. The molecule has 1 aliphatic rings. The Kier molecular flexibility index (Phi) is 3.69. The molecule has 0 saturated carbocycles. The van der Waals surface area contributed by atoms with Gasteiger partial charge in [-0.3, -0.25) is 0 Å². The van der Waals surface area contributed by atoms with Crippen LogP contribution in [0.15, 0.2) is 18.2 Å². The van der Waals surface area contributed by atoms with Gasteiger partial charge in [-0.2, -0.15) is 8.78 Å². The lowest BCUT2D eigenvalue weighted by atomic mass is 9.88. The Morgan fingerprint density at radius 2 is 2.20 bits per heavy atom. The van der Waals surface area contributed by atoms with E-state index in [1.807, 2.05) is 0 Å². The van der Waals surface area contributed by atoms with E-state index in [0.29, 0.717) is 11.3 Å². The van der Waals surface area contributed by atoms with Crippen LogP contribution in [0.5, 0.6) is 5.75 Å². The third-order valence-corrected chi connectivity index (χ3v) is 3.57. The van der Waals surface area contributed by atoms with E-state index < -0.39 is 17.5 Å². The summed E-state index contributed by atoms with van der Waals surface area (Å²) in [4.78, 5) is 11.5. The largest absolute Gasteiger partial charge is 0.497 e. The summed E-state index contributed by atoms with van der Waals surface area (Å²) >= 11 is 0. The summed E-state index contributed by atoms with van der Waals surface area (Å²) in [6.45, 7) is 1.26. The monoisotopic (exact) mass is 286 g/mol. The first-order valence-electron chi connectivity index (χ1n) is 6.31. The molecule has 1 atom stereocenters. The predicted octanol–water partition coefficient (Wildman–Crippen LogP) is 2.03. The summed E-state index contributed by atoms with van der Waals surface area (Å²) in [6.07, 6.45) is 0.0339. The number of aliphatic hydroxyl groups is 1. The standard InChI is InChI=1S/C14H16F2O4/c1-3-20-12(17)14(15,16)13(18)7-6-9-4-5-10(19-2)8-11(9)13/h4-5,8,18H,3,6-7H2,1-2H3. The van der Waals surface area contributed by atoms with Gasteiger partial charge in [0.05, 0.1) is 13.7 Å². The molecule has 1 aromatic rings. The van der Waals surface area contributed by atoms with Crippen LogP contribution in [0, 0.1) is 0 Å². The predicted molar refractivity (Wildman–Crippen MR) is 66.8 cm³/mol. The lowest BCUT2D eigenvalue weighted by Gasteiger charge is -2.31. The van der Waals surface area contributed by atoms with E-state index in [4.69, 9.17) is 4.74 Å². The van der Waals surface area contributed by atoms with Gasteiger partial charge in [-0.15, -0.1) is 0 Å². The Balaban J connectivity index is 2.46. The first-order chi connectivity index (χ1) is 9.36. The Morgan fingerprint density at radius 1 is 1.50 bits per heavy atom. The summed E-state index contributed by atoms with van der Waals surface area (Å²) in [5.74, 6) is -5.36. The van der Waals surface area contributed by atoms with Crippen molar-refractivity contribution < 1.29 is 28.2 Å². The van der Waals surface area contributed by atoms with Gasteiger partial charge in [-0.25, -0.2) is 4.79 Å². The van der Waals surface area contributed by atoms with E-state index in [0.717, 1.165) is 0 Å². The molecule has 0 aliphatic heterocycles. The normalized spacial score (nSPS) is 21.4. The molecule has 0 radical (unpaired) electrons. The molecule has 0 saturated heterocycles. The fraction of sp³-hybridized carbons (Fsp3) is 0.500. The van der Waals surface area contributed by atoms with Crippen molar-refractivity contribution in [3.63, 3.8) is 0 Å². The van der Waals surface area contributed by atoms with Crippen molar-refractivity contribution in [3.05, 3.63) is 29.3 Å². The molecular weight excluding hydrogens is 270 g/mol. The number of fused-ring (bicyclic) bond motifs is 1. The molecule has 2 rings (SSSR count). The zero-order chi connectivity index (χ0) is 15.0. The Hall–Kier alpha value is -1.69. The minimum atomic E-state index is -4.00. The van der Waals surface area contributed by atoms with Crippen molar-refractivity contribution in [3.8, 4) is 5.75 Å². The van der Waals surface area contributed by atoms with Gasteiger partial charge in [0.25, 0.3) is 0 Å². The number of hydrogen-bond acceptors (Lipinski definition) is 4. The van der Waals surface area contributed by atoms with Crippen molar-refractivity contribution in [2.24, 2.45) is 0 Å². The summed E-state index contributed by atoms with van der Waals surface area (Å²) in [5.41, 5.74) is -1.95. The highest BCUT2D eigenvalue weighted by Crippen LogP contribution is 2.48. The van der Waals surface area contributed by atoms with Crippen molar-refractivity contribution >= 4 is 5.97 Å². The van der Waals surface area contributed by atoms with Crippen LogP contribution in [0.3, 0.4) is 0 Å². The van der Waals surface area contributed by atoms with Gasteiger partial charge in [0, 0.05) is 0 Å². The third-order valence-electron chi connectivity index (χ3n) is 3.57. The number of esters is 1. The lowest BCUT2D eigenvalue weighted by Crippen LogP contribution is -2.50. The number of rotatable bonds is 4. The van der Waals surface area contributed by atoms with Crippen molar-refractivity contribution in [1.29, 1.82) is 0 Å². The van der Waals surface area contributed by atoms with E-state index >= 15 is 0 Å². The number of halogens is 2. The van der Waals surface area contributed by atoms with E-state index in [2.05, 4.69) is 4.74 Å².